The Labute approximate surface area is 126 Å². The molecule has 108 valence electrons. The Hall–Kier alpha value is -0.510. The van der Waals surface area contributed by atoms with Crippen LogP contribution in [-0.2, 0) is 6.42 Å². The van der Waals surface area contributed by atoms with Gasteiger partial charge < -0.3 is 10.6 Å². The summed E-state index contributed by atoms with van der Waals surface area (Å²) in [6, 6.07) is 9.37. The third-order valence-electron chi connectivity index (χ3n) is 5.41. The molecule has 1 aromatic rings. The molecule has 1 saturated heterocycles. The number of thioether (sulfide) groups is 1. The first-order chi connectivity index (χ1) is 9.79. The predicted octanol–water partition coefficient (Wildman–Crippen LogP) is 2.76. The van der Waals surface area contributed by atoms with E-state index in [1.54, 1.807) is 5.56 Å². The number of hydrogen-bond acceptors (Lipinski definition) is 3. The molecule has 2 heterocycles. The van der Waals surface area contributed by atoms with Crippen LogP contribution in [0.4, 0.5) is 0 Å². The van der Waals surface area contributed by atoms with Crippen LogP contribution in [0.2, 0.25) is 0 Å². The SMILES string of the molecule is NC1CCCC2CN(CC3Cc4ccccc4S3)CC12. The average Bonchev–Trinajstić information content (AvgIpc) is 3.02. The molecule has 3 aliphatic rings. The topological polar surface area (TPSA) is 29.3 Å². The van der Waals surface area contributed by atoms with Crippen molar-refractivity contribution in [1.29, 1.82) is 0 Å². The van der Waals surface area contributed by atoms with Crippen LogP contribution in [0.25, 0.3) is 0 Å². The van der Waals surface area contributed by atoms with E-state index < -0.39 is 0 Å². The minimum Gasteiger partial charge on any atom is -0.327 e. The first-order valence-corrected chi connectivity index (χ1v) is 8.90. The van der Waals surface area contributed by atoms with Gasteiger partial charge >= 0.3 is 0 Å². The van der Waals surface area contributed by atoms with Gasteiger partial charge in [0.2, 0.25) is 0 Å². The summed E-state index contributed by atoms with van der Waals surface area (Å²) in [6.45, 7) is 3.80. The molecule has 3 heteroatoms. The second kappa shape index (κ2) is 5.36. The number of rotatable bonds is 2. The highest BCUT2D eigenvalue weighted by atomic mass is 32.2. The smallest absolute Gasteiger partial charge is 0.0263 e. The van der Waals surface area contributed by atoms with Crippen molar-refractivity contribution >= 4 is 11.8 Å². The van der Waals surface area contributed by atoms with E-state index in [9.17, 15) is 0 Å². The summed E-state index contributed by atoms with van der Waals surface area (Å²) in [6.07, 6.45) is 5.25. The summed E-state index contributed by atoms with van der Waals surface area (Å²) in [5, 5.41) is 0.753. The van der Waals surface area contributed by atoms with Crippen molar-refractivity contribution in [1.82, 2.24) is 4.90 Å². The van der Waals surface area contributed by atoms with Crippen LogP contribution >= 0.6 is 11.8 Å². The number of fused-ring (bicyclic) bond motifs is 2. The molecule has 2 aliphatic heterocycles. The van der Waals surface area contributed by atoms with Crippen molar-refractivity contribution in [3.05, 3.63) is 29.8 Å². The van der Waals surface area contributed by atoms with Crippen LogP contribution in [0.5, 0.6) is 0 Å². The monoisotopic (exact) mass is 288 g/mol. The van der Waals surface area contributed by atoms with E-state index in [0.717, 1.165) is 17.1 Å². The quantitative estimate of drug-likeness (QED) is 0.907. The number of likely N-dealkylation sites (tertiary alicyclic amines) is 1. The van der Waals surface area contributed by atoms with Crippen molar-refractivity contribution in [2.24, 2.45) is 17.6 Å². The van der Waals surface area contributed by atoms with E-state index in [1.165, 1.54) is 50.2 Å². The minimum absolute atomic E-state index is 0.465. The van der Waals surface area contributed by atoms with Gasteiger partial charge in [0.05, 0.1) is 0 Å². The van der Waals surface area contributed by atoms with Gasteiger partial charge in [-0.15, -0.1) is 11.8 Å². The minimum atomic E-state index is 0.465. The highest BCUT2D eigenvalue weighted by Crippen LogP contribution is 2.40. The maximum absolute atomic E-state index is 6.33. The summed E-state index contributed by atoms with van der Waals surface area (Å²) < 4.78 is 0. The molecule has 0 aromatic heterocycles. The molecule has 0 radical (unpaired) electrons. The lowest BCUT2D eigenvalue weighted by Crippen LogP contribution is -2.38. The van der Waals surface area contributed by atoms with Gasteiger partial charge in [-0.2, -0.15) is 0 Å². The second-order valence-corrected chi connectivity index (χ2v) is 8.13. The predicted molar refractivity (Wildman–Crippen MR) is 85.0 cm³/mol. The Kier molecular flexibility index (Phi) is 3.53. The van der Waals surface area contributed by atoms with Crippen LogP contribution < -0.4 is 5.73 Å². The van der Waals surface area contributed by atoms with Crippen LogP contribution in [0, 0.1) is 11.8 Å². The van der Waals surface area contributed by atoms with Gasteiger partial charge in [-0.3, -0.25) is 0 Å². The fourth-order valence-corrected chi connectivity index (χ4v) is 5.77. The zero-order chi connectivity index (χ0) is 13.5. The molecule has 2 N–H and O–H groups in total. The molecular weight excluding hydrogens is 264 g/mol. The van der Waals surface area contributed by atoms with Gasteiger partial charge in [0, 0.05) is 35.8 Å². The van der Waals surface area contributed by atoms with E-state index in [-0.39, 0.29) is 0 Å². The third kappa shape index (κ3) is 2.40. The summed E-state index contributed by atoms with van der Waals surface area (Å²) in [5.41, 5.74) is 7.88. The molecule has 1 saturated carbocycles. The lowest BCUT2D eigenvalue weighted by molar-refractivity contribution is 0.259. The van der Waals surface area contributed by atoms with E-state index in [4.69, 9.17) is 5.73 Å². The molecule has 2 fully saturated rings. The summed E-state index contributed by atoms with van der Waals surface area (Å²) >= 11 is 2.08. The van der Waals surface area contributed by atoms with Crippen molar-refractivity contribution in [3.8, 4) is 0 Å². The van der Waals surface area contributed by atoms with Gasteiger partial charge in [-0.1, -0.05) is 24.6 Å². The lowest BCUT2D eigenvalue weighted by atomic mass is 9.78. The normalized spacial score (nSPS) is 36.9. The van der Waals surface area contributed by atoms with E-state index in [0.29, 0.717) is 6.04 Å². The number of hydrogen-bond donors (Lipinski definition) is 1. The van der Waals surface area contributed by atoms with Gasteiger partial charge in [0.15, 0.2) is 0 Å². The largest absolute Gasteiger partial charge is 0.327 e. The maximum Gasteiger partial charge on any atom is 0.0263 e. The third-order valence-corrected chi connectivity index (χ3v) is 6.71. The molecule has 2 nitrogen and oxygen atoms in total. The fourth-order valence-electron chi connectivity index (χ4n) is 4.40. The molecule has 0 bridgehead atoms. The number of benzene rings is 1. The summed E-state index contributed by atoms with van der Waals surface area (Å²) in [5.74, 6) is 1.66. The zero-order valence-corrected chi connectivity index (χ0v) is 12.8. The van der Waals surface area contributed by atoms with E-state index in [2.05, 4.69) is 40.9 Å². The standard InChI is InChI=1S/C17H24N2S/c18-16-6-3-5-13-9-19(11-15(13)16)10-14-8-12-4-1-2-7-17(12)20-14/h1-2,4,7,13-16H,3,5-6,8-11,18H2. The Bertz CT molecular complexity index is 465. The molecule has 4 atom stereocenters. The highest BCUT2D eigenvalue weighted by molar-refractivity contribution is 8.00. The average molecular weight is 288 g/mol. The van der Waals surface area contributed by atoms with Gasteiger partial charge in [-0.05, 0) is 42.7 Å². The van der Waals surface area contributed by atoms with Gasteiger partial charge in [0.25, 0.3) is 0 Å². The van der Waals surface area contributed by atoms with E-state index in [1.807, 2.05) is 0 Å². The van der Waals surface area contributed by atoms with Crippen molar-refractivity contribution in [3.63, 3.8) is 0 Å². The molecule has 0 amide bonds. The fraction of sp³-hybridized carbons (Fsp3) is 0.647. The number of nitrogens with zero attached hydrogens (tertiary/aromatic N) is 1. The molecule has 4 rings (SSSR count). The van der Waals surface area contributed by atoms with E-state index >= 15 is 0 Å². The van der Waals surface area contributed by atoms with Crippen LogP contribution in [0.15, 0.2) is 29.2 Å². The molecule has 4 unspecified atom stereocenters. The van der Waals surface area contributed by atoms with Gasteiger partial charge in [-0.25, -0.2) is 0 Å². The zero-order valence-electron chi connectivity index (χ0n) is 12.0. The Morgan fingerprint density at radius 2 is 2.10 bits per heavy atom. The molecule has 1 aromatic carbocycles. The molecule has 1 aliphatic carbocycles. The van der Waals surface area contributed by atoms with Crippen molar-refractivity contribution in [2.75, 3.05) is 19.6 Å². The first kappa shape index (κ1) is 13.2. The van der Waals surface area contributed by atoms with Crippen molar-refractivity contribution in [2.45, 2.75) is 41.9 Å². The number of nitrogens with two attached hydrogens (primary N) is 1. The van der Waals surface area contributed by atoms with Crippen LogP contribution in [0.1, 0.15) is 24.8 Å². The van der Waals surface area contributed by atoms with Gasteiger partial charge in [0.1, 0.15) is 0 Å². The molecule has 20 heavy (non-hydrogen) atoms. The Morgan fingerprint density at radius 1 is 1.20 bits per heavy atom. The highest BCUT2D eigenvalue weighted by Gasteiger charge is 2.39. The first-order valence-electron chi connectivity index (χ1n) is 8.02. The van der Waals surface area contributed by atoms with Crippen LogP contribution in [0.3, 0.4) is 0 Å². The Morgan fingerprint density at radius 3 is 2.95 bits per heavy atom. The maximum atomic E-state index is 6.33. The van der Waals surface area contributed by atoms with Crippen molar-refractivity contribution < 1.29 is 0 Å². The Balaban J connectivity index is 1.38. The van der Waals surface area contributed by atoms with Crippen LogP contribution in [-0.4, -0.2) is 35.8 Å². The summed E-state index contributed by atoms with van der Waals surface area (Å²) in [4.78, 5) is 4.20. The summed E-state index contributed by atoms with van der Waals surface area (Å²) in [7, 11) is 0. The molecular formula is C17H24N2S. The second-order valence-electron chi connectivity index (χ2n) is 6.79. The lowest BCUT2D eigenvalue weighted by Gasteiger charge is -2.29. The molecule has 0 spiro atoms.